The van der Waals surface area contributed by atoms with Crippen LogP contribution >= 0.6 is 0 Å². The number of hydrogen-bond donors (Lipinski definition) is 2. The third kappa shape index (κ3) is 6.99. The van der Waals surface area contributed by atoms with Crippen LogP contribution in [0.15, 0.2) is 60.3 Å². The van der Waals surface area contributed by atoms with E-state index in [0.717, 1.165) is 25.7 Å². The number of nitriles is 1. The summed E-state index contributed by atoms with van der Waals surface area (Å²) in [5.74, 6) is -0.401. The van der Waals surface area contributed by atoms with Crippen molar-refractivity contribution in [2.24, 2.45) is 0 Å². The van der Waals surface area contributed by atoms with E-state index >= 15 is 0 Å². The van der Waals surface area contributed by atoms with Gasteiger partial charge in [-0.3, -0.25) is 4.79 Å². The molecular formula is C23H27N3O. The Kier molecular flexibility index (Phi) is 8.12. The number of nitrogens with one attached hydrogen (secondary N) is 2. The smallest absolute Gasteiger partial charge is 0.267 e. The quantitative estimate of drug-likeness (QED) is 0.392. The molecule has 0 aromatic heterocycles. The molecule has 0 bridgehead atoms. The summed E-state index contributed by atoms with van der Waals surface area (Å²) in [6, 6.07) is 18.0. The Labute approximate surface area is 161 Å². The molecule has 0 unspecified atom stereocenters. The first-order valence-corrected chi connectivity index (χ1v) is 9.42. The SMILES string of the molecule is CCCCc1ccc(NC(=O)/C(C#N)=C\NCCc2cccc(C)c2)cc1. The highest BCUT2D eigenvalue weighted by atomic mass is 16.1. The fourth-order valence-corrected chi connectivity index (χ4v) is 2.74. The fraction of sp³-hybridized carbons (Fsp3) is 0.304. The molecule has 0 heterocycles. The third-order valence-corrected chi connectivity index (χ3v) is 4.28. The first-order valence-electron chi connectivity index (χ1n) is 9.42. The summed E-state index contributed by atoms with van der Waals surface area (Å²) in [4.78, 5) is 12.3. The van der Waals surface area contributed by atoms with Gasteiger partial charge in [0, 0.05) is 18.4 Å². The van der Waals surface area contributed by atoms with E-state index in [1.807, 2.05) is 36.4 Å². The number of carbonyl (C=O) groups is 1. The summed E-state index contributed by atoms with van der Waals surface area (Å²) in [5.41, 5.74) is 4.46. The van der Waals surface area contributed by atoms with Crippen molar-refractivity contribution in [2.45, 2.75) is 39.5 Å². The number of rotatable bonds is 9. The molecular weight excluding hydrogens is 334 g/mol. The van der Waals surface area contributed by atoms with Crippen molar-refractivity contribution < 1.29 is 4.79 Å². The molecule has 0 aliphatic heterocycles. The van der Waals surface area contributed by atoms with Gasteiger partial charge in [-0.05, 0) is 49.4 Å². The van der Waals surface area contributed by atoms with E-state index in [9.17, 15) is 10.1 Å². The number of unbranched alkanes of at least 4 members (excludes halogenated alkanes) is 1. The van der Waals surface area contributed by atoms with Crippen LogP contribution in [0.2, 0.25) is 0 Å². The van der Waals surface area contributed by atoms with Crippen LogP contribution in [0.3, 0.4) is 0 Å². The molecule has 0 aliphatic rings. The molecule has 0 fully saturated rings. The number of amides is 1. The van der Waals surface area contributed by atoms with E-state index in [0.29, 0.717) is 12.2 Å². The zero-order valence-corrected chi connectivity index (χ0v) is 16.1. The van der Waals surface area contributed by atoms with E-state index in [1.165, 1.54) is 22.9 Å². The maximum absolute atomic E-state index is 12.3. The lowest BCUT2D eigenvalue weighted by molar-refractivity contribution is -0.112. The van der Waals surface area contributed by atoms with Crippen molar-refractivity contribution in [3.63, 3.8) is 0 Å². The minimum Gasteiger partial charge on any atom is -0.389 e. The second-order valence-electron chi connectivity index (χ2n) is 6.62. The Bertz CT molecular complexity index is 816. The Hall–Kier alpha value is -3.06. The minimum absolute atomic E-state index is 0.0642. The first-order chi connectivity index (χ1) is 13.1. The van der Waals surface area contributed by atoms with Gasteiger partial charge in [-0.25, -0.2) is 0 Å². The van der Waals surface area contributed by atoms with Gasteiger partial charge in [0.15, 0.2) is 0 Å². The van der Waals surface area contributed by atoms with Crippen molar-refractivity contribution in [3.05, 3.63) is 77.0 Å². The molecule has 140 valence electrons. The summed E-state index contributed by atoms with van der Waals surface area (Å²) in [6.45, 7) is 4.89. The van der Waals surface area contributed by atoms with Gasteiger partial charge in [0.05, 0.1) is 0 Å². The van der Waals surface area contributed by atoms with Gasteiger partial charge in [-0.15, -0.1) is 0 Å². The average Bonchev–Trinajstić information content (AvgIpc) is 2.67. The monoisotopic (exact) mass is 361 g/mol. The molecule has 0 spiro atoms. The van der Waals surface area contributed by atoms with E-state index in [-0.39, 0.29) is 5.57 Å². The largest absolute Gasteiger partial charge is 0.389 e. The molecule has 0 saturated carbocycles. The average molecular weight is 361 g/mol. The van der Waals surface area contributed by atoms with Crippen molar-refractivity contribution in [2.75, 3.05) is 11.9 Å². The molecule has 4 heteroatoms. The fourth-order valence-electron chi connectivity index (χ4n) is 2.74. The number of hydrogen-bond acceptors (Lipinski definition) is 3. The topological polar surface area (TPSA) is 64.9 Å². The molecule has 2 rings (SSSR count). The van der Waals surface area contributed by atoms with Crippen molar-refractivity contribution in [1.29, 1.82) is 5.26 Å². The maximum atomic E-state index is 12.3. The Morgan fingerprint density at radius 2 is 1.89 bits per heavy atom. The number of benzene rings is 2. The van der Waals surface area contributed by atoms with Crippen LogP contribution in [0, 0.1) is 18.3 Å². The van der Waals surface area contributed by atoms with Crippen LogP contribution in [0.5, 0.6) is 0 Å². The zero-order valence-electron chi connectivity index (χ0n) is 16.1. The van der Waals surface area contributed by atoms with E-state index in [1.54, 1.807) is 0 Å². The molecule has 0 aliphatic carbocycles. The van der Waals surface area contributed by atoms with Crippen LogP contribution < -0.4 is 10.6 Å². The zero-order chi connectivity index (χ0) is 19.5. The van der Waals surface area contributed by atoms with Crippen molar-refractivity contribution >= 4 is 11.6 Å². The lowest BCUT2D eigenvalue weighted by Gasteiger charge is -2.07. The predicted octanol–water partition coefficient (Wildman–Crippen LogP) is 4.52. The highest BCUT2D eigenvalue weighted by molar-refractivity contribution is 6.06. The molecule has 2 aromatic carbocycles. The van der Waals surface area contributed by atoms with Gasteiger partial charge in [-0.2, -0.15) is 5.26 Å². The lowest BCUT2D eigenvalue weighted by atomic mass is 10.1. The third-order valence-electron chi connectivity index (χ3n) is 4.28. The van der Waals surface area contributed by atoms with E-state index < -0.39 is 5.91 Å². The summed E-state index contributed by atoms with van der Waals surface area (Å²) >= 11 is 0. The standard InChI is InChI=1S/C23H27N3O/c1-3-4-7-19-9-11-22(12-10-19)26-23(27)21(16-24)17-25-14-13-20-8-5-6-18(2)15-20/h5-6,8-12,15,17,25H,3-4,7,13-14H2,1-2H3,(H,26,27)/b21-17-. The minimum atomic E-state index is -0.401. The van der Waals surface area contributed by atoms with Crippen molar-refractivity contribution in [1.82, 2.24) is 5.32 Å². The number of anilines is 1. The number of nitrogens with zero attached hydrogens (tertiary/aromatic N) is 1. The molecule has 4 nitrogen and oxygen atoms in total. The van der Waals surface area contributed by atoms with E-state index in [2.05, 4.69) is 42.7 Å². The second-order valence-corrected chi connectivity index (χ2v) is 6.62. The Morgan fingerprint density at radius 1 is 1.11 bits per heavy atom. The Morgan fingerprint density at radius 3 is 2.56 bits per heavy atom. The Balaban J connectivity index is 1.85. The van der Waals surface area contributed by atoms with Crippen LogP contribution in [0.25, 0.3) is 0 Å². The van der Waals surface area contributed by atoms with Crippen LogP contribution in [0.1, 0.15) is 36.5 Å². The summed E-state index contributed by atoms with van der Waals surface area (Å²) < 4.78 is 0. The summed E-state index contributed by atoms with van der Waals surface area (Å²) in [7, 11) is 0. The molecule has 0 atom stereocenters. The predicted molar refractivity (Wildman–Crippen MR) is 110 cm³/mol. The second kappa shape index (κ2) is 10.8. The molecule has 0 saturated heterocycles. The van der Waals surface area contributed by atoms with Gasteiger partial charge in [0.1, 0.15) is 11.6 Å². The molecule has 1 amide bonds. The molecule has 2 N–H and O–H groups in total. The summed E-state index contributed by atoms with van der Waals surface area (Å²) in [6.07, 6.45) is 5.67. The number of carbonyl (C=O) groups excluding carboxylic acids is 1. The molecule has 27 heavy (non-hydrogen) atoms. The maximum Gasteiger partial charge on any atom is 0.267 e. The van der Waals surface area contributed by atoms with Crippen LogP contribution in [-0.4, -0.2) is 12.5 Å². The van der Waals surface area contributed by atoms with Gasteiger partial charge >= 0.3 is 0 Å². The molecule has 2 aromatic rings. The van der Waals surface area contributed by atoms with Crippen molar-refractivity contribution in [3.8, 4) is 6.07 Å². The van der Waals surface area contributed by atoms with Gasteiger partial charge in [-0.1, -0.05) is 55.3 Å². The first kappa shape index (κ1) is 20.3. The normalized spacial score (nSPS) is 10.9. The highest BCUT2D eigenvalue weighted by Crippen LogP contribution is 2.12. The summed E-state index contributed by atoms with van der Waals surface area (Å²) in [5, 5.41) is 15.1. The van der Waals surface area contributed by atoms with E-state index in [4.69, 9.17) is 0 Å². The molecule has 0 radical (unpaired) electrons. The number of aryl methyl sites for hydroxylation is 2. The highest BCUT2D eigenvalue weighted by Gasteiger charge is 2.09. The lowest BCUT2D eigenvalue weighted by Crippen LogP contribution is -2.18. The van der Waals surface area contributed by atoms with Gasteiger partial charge in [0.25, 0.3) is 5.91 Å². The van der Waals surface area contributed by atoms with Crippen LogP contribution in [0.4, 0.5) is 5.69 Å². The van der Waals surface area contributed by atoms with Crippen LogP contribution in [-0.2, 0) is 17.6 Å². The van der Waals surface area contributed by atoms with Gasteiger partial charge < -0.3 is 10.6 Å². The van der Waals surface area contributed by atoms with Gasteiger partial charge in [0.2, 0.25) is 0 Å².